The third kappa shape index (κ3) is 2.41. The Morgan fingerprint density at radius 1 is 1.25 bits per heavy atom. The highest BCUT2D eigenvalue weighted by atomic mass is 35.5. The summed E-state index contributed by atoms with van der Waals surface area (Å²) in [5.74, 6) is -1.46. The van der Waals surface area contributed by atoms with Gasteiger partial charge in [0, 0.05) is 18.1 Å². The highest BCUT2D eigenvalue weighted by molar-refractivity contribution is 6.53. The van der Waals surface area contributed by atoms with E-state index in [4.69, 9.17) is 11.6 Å². The summed E-state index contributed by atoms with van der Waals surface area (Å²) in [6, 6.07) is 4.61. The van der Waals surface area contributed by atoms with Gasteiger partial charge in [-0.25, -0.2) is 0 Å². The van der Waals surface area contributed by atoms with Crippen molar-refractivity contribution in [2.24, 2.45) is 0 Å². The van der Waals surface area contributed by atoms with E-state index in [1.807, 2.05) is 13.8 Å². The maximum atomic E-state index is 12.1. The molecule has 0 saturated carbocycles. The number of likely N-dealkylation sites (N-methyl/N-ethyl adjacent to an activating group) is 1. The van der Waals surface area contributed by atoms with Crippen LogP contribution in [0.2, 0.25) is 5.02 Å². The number of ketones is 1. The van der Waals surface area contributed by atoms with Crippen molar-refractivity contribution in [2.75, 3.05) is 24.5 Å². The predicted octanol–water partition coefficient (Wildman–Crippen LogP) is 1.74. The number of carbonyl (C=O) groups excluding carboxylic acids is 3. The molecular formula is C14H15ClN2O3. The quantitative estimate of drug-likeness (QED) is 0.795. The van der Waals surface area contributed by atoms with E-state index >= 15 is 0 Å². The molecular weight excluding hydrogens is 280 g/mol. The number of Topliss-reactive ketones (excluding diaryl/α,β-unsaturated/α-hetero) is 1. The van der Waals surface area contributed by atoms with E-state index in [0.29, 0.717) is 29.4 Å². The van der Waals surface area contributed by atoms with E-state index < -0.39 is 11.7 Å². The molecule has 0 atom stereocenters. The van der Waals surface area contributed by atoms with Crippen LogP contribution in [0.5, 0.6) is 0 Å². The number of benzene rings is 1. The minimum atomic E-state index is -0.678. The van der Waals surface area contributed by atoms with Gasteiger partial charge < -0.3 is 4.90 Å². The number of nitrogens with zero attached hydrogens (tertiary/aromatic N) is 2. The summed E-state index contributed by atoms with van der Waals surface area (Å²) in [5.41, 5.74) is 0.708. The summed E-state index contributed by atoms with van der Waals surface area (Å²) in [6.07, 6.45) is 0. The first-order chi connectivity index (χ1) is 9.49. The summed E-state index contributed by atoms with van der Waals surface area (Å²) < 4.78 is 0. The molecule has 2 amide bonds. The van der Waals surface area contributed by atoms with E-state index in [2.05, 4.69) is 0 Å². The minimum Gasteiger partial charge on any atom is -0.342 e. The summed E-state index contributed by atoms with van der Waals surface area (Å²) in [7, 11) is 0. The van der Waals surface area contributed by atoms with Gasteiger partial charge in [0.05, 0.1) is 11.3 Å². The average Bonchev–Trinajstić information content (AvgIpc) is 2.65. The van der Waals surface area contributed by atoms with Crippen molar-refractivity contribution in [1.82, 2.24) is 4.90 Å². The number of halogens is 1. The normalized spacial score (nSPS) is 13.7. The maximum Gasteiger partial charge on any atom is 0.299 e. The van der Waals surface area contributed by atoms with Crippen molar-refractivity contribution in [3.05, 3.63) is 28.8 Å². The molecule has 0 spiro atoms. The van der Waals surface area contributed by atoms with E-state index in [1.165, 1.54) is 17.0 Å². The smallest absolute Gasteiger partial charge is 0.299 e. The second kappa shape index (κ2) is 5.63. The molecule has 0 bridgehead atoms. The molecule has 0 aliphatic carbocycles. The standard InChI is InChI=1S/C14H15ClN2O3/c1-3-16(4-2)12(18)8-17-11-7-9(15)5-6-10(11)13(19)14(17)20/h5-7H,3-4,8H2,1-2H3. The molecule has 0 unspecified atom stereocenters. The van der Waals surface area contributed by atoms with Crippen LogP contribution < -0.4 is 4.90 Å². The second-order valence-corrected chi connectivity index (χ2v) is 4.88. The fourth-order valence-electron chi connectivity index (χ4n) is 2.24. The van der Waals surface area contributed by atoms with Gasteiger partial charge in [-0.2, -0.15) is 0 Å². The average molecular weight is 295 g/mol. The number of carbonyl (C=O) groups is 3. The summed E-state index contributed by atoms with van der Waals surface area (Å²) in [6.45, 7) is 4.72. The largest absolute Gasteiger partial charge is 0.342 e. The molecule has 5 nitrogen and oxygen atoms in total. The molecule has 6 heteroatoms. The third-order valence-corrected chi connectivity index (χ3v) is 3.58. The molecule has 1 aliphatic heterocycles. The molecule has 0 radical (unpaired) electrons. The zero-order chi connectivity index (χ0) is 14.9. The van der Waals surface area contributed by atoms with Crippen LogP contribution in [0, 0.1) is 0 Å². The van der Waals surface area contributed by atoms with Crippen LogP contribution >= 0.6 is 11.6 Å². The van der Waals surface area contributed by atoms with E-state index in [1.54, 1.807) is 11.0 Å². The Bertz CT molecular complexity index is 582. The fourth-order valence-corrected chi connectivity index (χ4v) is 2.40. The van der Waals surface area contributed by atoms with E-state index in [9.17, 15) is 14.4 Å². The van der Waals surface area contributed by atoms with E-state index in [-0.39, 0.29) is 12.5 Å². The first-order valence-corrected chi connectivity index (χ1v) is 6.80. The number of amides is 2. The first-order valence-electron chi connectivity index (χ1n) is 6.43. The van der Waals surface area contributed by atoms with Crippen LogP contribution in [-0.4, -0.2) is 42.1 Å². The Morgan fingerprint density at radius 2 is 1.90 bits per heavy atom. The molecule has 1 aromatic rings. The first kappa shape index (κ1) is 14.5. The maximum absolute atomic E-state index is 12.1. The van der Waals surface area contributed by atoms with Crippen molar-refractivity contribution >= 4 is 34.9 Å². The highest BCUT2D eigenvalue weighted by Gasteiger charge is 2.37. The van der Waals surface area contributed by atoms with Crippen molar-refractivity contribution < 1.29 is 14.4 Å². The Balaban J connectivity index is 2.30. The summed E-state index contributed by atoms with van der Waals surface area (Å²) in [4.78, 5) is 38.7. The topological polar surface area (TPSA) is 57.7 Å². The number of hydrogen-bond acceptors (Lipinski definition) is 3. The fraction of sp³-hybridized carbons (Fsp3) is 0.357. The van der Waals surface area contributed by atoms with Gasteiger partial charge in [0.15, 0.2) is 0 Å². The number of hydrogen-bond donors (Lipinski definition) is 0. The zero-order valence-electron chi connectivity index (χ0n) is 11.4. The monoisotopic (exact) mass is 294 g/mol. The van der Waals surface area contributed by atoms with Crippen LogP contribution in [0.3, 0.4) is 0 Å². The van der Waals surface area contributed by atoms with Crippen LogP contribution in [0.4, 0.5) is 5.69 Å². The third-order valence-electron chi connectivity index (χ3n) is 3.34. The molecule has 2 rings (SSSR count). The van der Waals surface area contributed by atoms with Gasteiger partial charge in [0.25, 0.3) is 11.7 Å². The van der Waals surface area contributed by atoms with Crippen LogP contribution in [0.1, 0.15) is 24.2 Å². The Labute approximate surface area is 122 Å². The van der Waals surface area contributed by atoms with Gasteiger partial charge in [0.2, 0.25) is 5.91 Å². The molecule has 1 aliphatic rings. The van der Waals surface area contributed by atoms with Gasteiger partial charge in [-0.15, -0.1) is 0 Å². The number of anilines is 1. The van der Waals surface area contributed by atoms with Crippen molar-refractivity contribution in [3.63, 3.8) is 0 Å². The van der Waals surface area contributed by atoms with Gasteiger partial charge in [-0.05, 0) is 32.0 Å². The van der Waals surface area contributed by atoms with Crippen molar-refractivity contribution in [2.45, 2.75) is 13.8 Å². The Morgan fingerprint density at radius 3 is 2.50 bits per heavy atom. The van der Waals surface area contributed by atoms with Crippen molar-refractivity contribution in [3.8, 4) is 0 Å². The van der Waals surface area contributed by atoms with Crippen LogP contribution in [0.15, 0.2) is 18.2 Å². The second-order valence-electron chi connectivity index (χ2n) is 4.45. The molecule has 1 heterocycles. The molecule has 0 fully saturated rings. The van der Waals surface area contributed by atoms with Gasteiger partial charge in [-0.1, -0.05) is 11.6 Å². The Kier molecular flexibility index (Phi) is 4.09. The number of fused-ring (bicyclic) bond motifs is 1. The zero-order valence-corrected chi connectivity index (χ0v) is 12.1. The lowest BCUT2D eigenvalue weighted by Gasteiger charge is -2.23. The molecule has 20 heavy (non-hydrogen) atoms. The van der Waals surface area contributed by atoms with Crippen LogP contribution in [0.25, 0.3) is 0 Å². The van der Waals surface area contributed by atoms with Gasteiger partial charge in [-0.3, -0.25) is 19.3 Å². The predicted molar refractivity (Wildman–Crippen MR) is 76.1 cm³/mol. The lowest BCUT2D eigenvalue weighted by molar-refractivity contribution is -0.130. The van der Waals surface area contributed by atoms with Crippen LogP contribution in [-0.2, 0) is 9.59 Å². The molecule has 106 valence electrons. The molecule has 1 aromatic carbocycles. The molecule has 0 saturated heterocycles. The number of rotatable bonds is 4. The SMILES string of the molecule is CCN(CC)C(=O)CN1C(=O)C(=O)c2ccc(Cl)cc21. The summed E-state index contributed by atoms with van der Waals surface area (Å²) in [5, 5.41) is 0.423. The minimum absolute atomic E-state index is 0.139. The molecule has 0 N–H and O–H groups in total. The van der Waals surface area contributed by atoms with Crippen molar-refractivity contribution in [1.29, 1.82) is 0 Å². The summed E-state index contributed by atoms with van der Waals surface area (Å²) >= 11 is 5.89. The van der Waals surface area contributed by atoms with E-state index in [0.717, 1.165) is 0 Å². The highest BCUT2D eigenvalue weighted by Crippen LogP contribution is 2.31. The van der Waals surface area contributed by atoms with Gasteiger partial charge in [0.1, 0.15) is 6.54 Å². The molecule has 0 aromatic heterocycles. The lowest BCUT2D eigenvalue weighted by Crippen LogP contribution is -2.42. The lowest BCUT2D eigenvalue weighted by atomic mass is 10.1. The Hall–Kier alpha value is -1.88. The van der Waals surface area contributed by atoms with Gasteiger partial charge >= 0.3 is 0 Å².